The van der Waals surface area contributed by atoms with Crippen LogP contribution in [-0.2, 0) is 10.0 Å². The van der Waals surface area contributed by atoms with Crippen LogP contribution in [0.5, 0.6) is 0 Å². The lowest BCUT2D eigenvalue weighted by molar-refractivity contribution is 0.101. The summed E-state index contributed by atoms with van der Waals surface area (Å²) >= 11 is 6.01. The summed E-state index contributed by atoms with van der Waals surface area (Å²) in [5, 5.41) is 5.00. The van der Waals surface area contributed by atoms with Crippen LogP contribution in [0, 0.1) is 5.82 Å². The number of carbonyl (C=O) groups excluding carboxylic acids is 2. The average molecular weight is 477 g/mol. The Hall–Kier alpha value is -3.34. The van der Waals surface area contributed by atoms with Gasteiger partial charge in [-0.1, -0.05) is 17.7 Å². The van der Waals surface area contributed by atoms with E-state index in [0.717, 1.165) is 22.5 Å². The van der Waals surface area contributed by atoms with Crippen molar-refractivity contribution in [1.82, 2.24) is 9.29 Å². The van der Waals surface area contributed by atoms with E-state index >= 15 is 0 Å². The molecule has 2 aromatic carbocycles. The van der Waals surface area contributed by atoms with Crippen molar-refractivity contribution < 1.29 is 22.4 Å². The number of amides is 2. The maximum absolute atomic E-state index is 13.8. The standard InChI is InChI=1S/C21H18ClFN4O4S/c1-27(2)32(30,31)19-11-13(6-8-15(19)22)20(28)26-18-12-14(23)7-9-16(18)25-21(29)17-5-3-4-10-24-17/h3-12H,1-2H3,(H,25,29)(H,26,28). The van der Waals surface area contributed by atoms with Crippen LogP contribution in [0.25, 0.3) is 0 Å². The summed E-state index contributed by atoms with van der Waals surface area (Å²) in [5.41, 5.74) is 0.211. The van der Waals surface area contributed by atoms with Crippen LogP contribution in [0.2, 0.25) is 5.02 Å². The van der Waals surface area contributed by atoms with Crippen LogP contribution in [-0.4, -0.2) is 43.6 Å². The third kappa shape index (κ3) is 5.10. The predicted octanol–water partition coefficient (Wildman–Crippen LogP) is 3.63. The van der Waals surface area contributed by atoms with Gasteiger partial charge in [-0.05, 0) is 48.5 Å². The van der Waals surface area contributed by atoms with Crippen LogP contribution in [0.3, 0.4) is 0 Å². The molecule has 2 amide bonds. The van der Waals surface area contributed by atoms with E-state index in [9.17, 15) is 22.4 Å². The third-order valence-electron chi connectivity index (χ3n) is 4.33. The molecule has 0 unspecified atom stereocenters. The molecule has 8 nitrogen and oxygen atoms in total. The zero-order chi connectivity index (χ0) is 23.5. The van der Waals surface area contributed by atoms with Gasteiger partial charge in [0, 0.05) is 25.9 Å². The zero-order valence-corrected chi connectivity index (χ0v) is 18.5. The molecule has 1 aromatic heterocycles. The van der Waals surface area contributed by atoms with E-state index in [4.69, 9.17) is 11.6 Å². The number of hydrogen-bond acceptors (Lipinski definition) is 5. The quantitative estimate of drug-likeness (QED) is 0.564. The molecular weight excluding hydrogens is 459 g/mol. The number of nitrogens with one attached hydrogen (secondary N) is 2. The van der Waals surface area contributed by atoms with Crippen LogP contribution in [0.15, 0.2) is 65.7 Å². The van der Waals surface area contributed by atoms with E-state index in [1.54, 1.807) is 12.1 Å². The van der Waals surface area contributed by atoms with Gasteiger partial charge in [-0.15, -0.1) is 0 Å². The van der Waals surface area contributed by atoms with Gasteiger partial charge in [0.05, 0.1) is 16.4 Å². The molecule has 32 heavy (non-hydrogen) atoms. The molecule has 0 saturated carbocycles. The Morgan fingerprint density at radius 2 is 1.69 bits per heavy atom. The number of nitrogens with zero attached hydrogens (tertiary/aromatic N) is 2. The first-order valence-electron chi connectivity index (χ1n) is 9.15. The molecule has 1 heterocycles. The molecule has 2 N–H and O–H groups in total. The SMILES string of the molecule is CN(C)S(=O)(=O)c1cc(C(=O)Nc2cc(F)ccc2NC(=O)c2ccccn2)ccc1Cl. The van der Waals surface area contributed by atoms with Gasteiger partial charge in [0.1, 0.15) is 16.4 Å². The van der Waals surface area contributed by atoms with Gasteiger partial charge in [-0.25, -0.2) is 17.1 Å². The monoisotopic (exact) mass is 476 g/mol. The highest BCUT2D eigenvalue weighted by Crippen LogP contribution is 2.27. The minimum absolute atomic E-state index is 0.0220. The fourth-order valence-corrected chi connectivity index (χ4v) is 4.04. The lowest BCUT2D eigenvalue weighted by atomic mass is 10.2. The third-order valence-corrected chi connectivity index (χ3v) is 6.62. The Bertz CT molecular complexity index is 1280. The van der Waals surface area contributed by atoms with Crippen molar-refractivity contribution in [3.63, 3.8) is 0 Å². The summed E-state index contributed by atoms with van der Waals surface area (Å²) in [5.74, 6) is -1.93. The number of anilines is 2. The van der Waals surface area contributed by atoms with Gasteiger partial charge in [-0.3, -0.25) is 14.6 Å². The molecule has 11 heteroatoms. The van der Waals surface area contributed by atoms with Crippen LogP contribution >= 0.6 is 11.6 Å². The number of hydrogen-bond donors (Lipinski definition) is 2. The number of aromatic nitrogens is 1. The van der Waals surface area contributed by atoms with E-state index < -0.39 is 27.7 Å². The molecule has 0 aliphatic carbocycles. The summed E-state index contributed by atoms with van der Waals surface area (Å²) in [6, 6.07) is 11.9. The molecule has 0 spiro atoms. The summed E-state index contributed by atoms with van der Waals surface area (Å²) in [4.78, 5) is 28.9. The number of benzene rings is 2. The van der Waals surface area contributed by atoms with Crippen LogP contribution < -0.4 is 10.6 Å². The first kappa shape index (κ1) is 23.3. The lowest BCUT2D eigenvalue weighted by Crippen LogP contribution is -2.23. The Morgan fingerprint density at radius 3 is 2.34 bits per heavy atom. The fraction of sp³-hybridized carbons (Fsp3) is 0.0952. The van der Waals surface area contributed by atoms with Crippen molar-refractivity contribution in [2.24, 2.45) is 0 Å². The Labute approximate surface area is 189 Å². The first-order chi connectivity index (χ1) is 15.1. The molecule has 0 atom stereocenters. The predicted molar refractivity (Wildman–Crippen MR) is 119 cm³/mol. The molecule has 0 aliphatic heterocycles. The summed E-state index contributed by atoms with van der Waals surface area (Å²) in [7, 11) is -1.23. The van der Waals surface area contributed by atoms with Crippen molar-refractivity contribution in [1.29, 1.82) is 0 Å². The summed E-state index contributed by atoms with van der Waals surface area (Å²) < 4.78 is 39.7. The van der Waals surface area contributed by atoms with E-state index in [1.807, 2.05) is 0 Å². The Kier molecular flexibility index (Phi) is 6.87. The van der Waals surface area contributed by atoms with Gasteiger partial charge in [0.15, 0.2) is 0 Å². The van der Waals surface area contributed by atoms with Gasteiger partial charge < -0.3 is 10.6 Å². The highest BCUT2D eigenvalue weighted by molar-refractivity contribution is 7.89. The molecule has 0 saturated heterocycles. The number of carbonyl (C=O) groups is 2. The van der Waals surface area contributed by atoms with Crippen molar-refractivity contribution in [2.75, 3.05) is 24.7 Å². The van der Waals surface area contributed by atoms with E-state index in [1.165, 1.54) is 44.6 Å². The Morgan fingerprint density at radius 1 is 0.969 bits per heavy atom. The van der Waals surface area contributed by atoms with Gasteiger partial charge >= 0.3 is 0 Å². The average Bonchev–Trinajstić information content (AvgIpc) is 2.76. The molecule has 166 valence electrons. The first-order valence-corrected chi connectivity index (χ1v) is 11.0. The highest BCUT2D eigenvalue weighted by atomic mass is 35.5. The highest BCUT2D eigenvalue weighted by Gasteiger charge is 2.23. The molecule has 3 rings (SSSR count). The minimum Gasteiger partial charge on any atom is -0.320 e. The maximum Gasteiger partial charge on any atom is 0.274 e. The Balaban J connectivity index is 1.90. The molecule has 3 aromatic rings. The summed E-state index contributed by atoms with van der Waals surface area (Å²) in [6.07, 6.45) is 1.45. The van der Waals surface area contributed by atoms with E-state index in [0.29, 0.717) is 0 Å². The fourth-order valence-electron chi connectivity index (χ4n) is 2.65. The summed E-state index contributed by atoms with van der Waals surface area (Å²) in [6.45, 7) is 0. The number of pyridine rings is 1. The maximum atomic E-state index is 13.8. The van der Waals surface area contributed by atoms with Gasteiger partial charge in [0.2, 0.25) is 10.0 Å². The van der Waals surface area contributed by atoms with Crippen molar-refractivity contribution in [2.45, 2.75) is 4.90 Å². The zero-order valence-electron chi connectivity index (χ0n) is 17.0. The molecule has 0 radical (unpaired) electrons. The second kappa shape index (κ2) is 9.43. The minimum atomic E-state index is -3.90. The molecule has 0 aliphatic rings. The second-order valence-electron chi connectivity index (χ2n) is 6.75. The second-order valence-corrected chi connectivity index (χ2v) is 9.27. The normalized spacial score (nSPS) is 11.3. The van der Waals surface area contributed by atoms with Gasteiger partial charge in [-0.2, -0.15) is 0 Å². The van der Waals surface area contributed by atoms with Crippen molar-refractivity contribution in [3.8, 4) is 0 Å². The topological polar surface area (TPSA) is 108 Å². The van der Waals surface area contributed by atoms with Crippen molar-refractivity contribution in [3.05, 3.63) is 82.9 Å². The van der Waals surface area contributed by atoms with Crippen LogP contribution in [0.4, 0.5) is 15.8 Å². The van der Waals surface area contributed by atoms with Crippen LogP contribution in [0.1, 0.15) is 20.8 Å². The molecule has 0 bridgehead atoms. The largest absolute Gasteiger partial charge is 0.320 e. The number of sulfonamides is 1. The van der Waals surface area contributed by atoms with Crippen molar-refractivity contribution >= 4 is 44.8 Å². The van der Waals surface area contributed by atoms with Gasteiger partial charge in [0.25, 0.3) is 11.8 Å². The van der Waals surface area contributed by atoms with E-state index in [-0.39, 0.29) is 32.6 Å². The molecule has 0 fully saturated rings. The lowest BCUT2D eigenvalue weighted by Gasteiger charge is -2.15. The molecular formula is C21H18ClFN4O4S. The number of halogens is 2. The smallest absolute Gasteiger partial charge is 0.274 e. The van der Waals surface area contributed by atoms with E-state index in [2.05, 4.69) is 15.6 Å². The number of rotatable bonds is 6.